The van der Waals surface area contributed by atoms with Crippen molar-refractivity contribution in [3.8, 4) is 0 Å². The van der Waals surface area contributed by atoms with E-state index >= 15 is 0 Å². The molecule has 2 aliphatic rings. The number of benzene rings is 2. The van der Waals surface area contributed by atoms with E-state index in [1.54, 1.807) is 6.07 Å². The number of allylic oxidation sites excluding steroid dienone is 2. The van der Waals surface area contributed by atoms with Crippen molar-refractivity contribution in [2.45, 2.75) is 19.0 Å². The molecule has 2 aromatic carbocycles. The zero-order chi connectivity index (χ0) is 21.5. The molecule has 0 unspecified atom stereocenters. The number of fused-ring (bicyclic) bond motifs is 1. The topological polar surface area (TPSA) is 66.5 Å². The van der Waals surface area contributed by atoms with E-state index in [1.165, 1.54) is 30.3 Å². The third kappa shape index (κ3) is 3.38. The lowest BCUT2D eigenvalue weighted by molar-refractivity contribution is -0.137. The van der Waals surface area contributed by atoms with Crippen LogP contribution in [0.25, 0.3) is 0 Å². The minimum atomic E-state index is -4.65. The molecule has 3 amide bonds. The monoisotopic (exact) mass is 414 g/mol. The maximum absolute atomic E-state index is 13.2. The second-order valence-corrected chi connectivity index (χ2v) is 7.18. The van der Waals surface area contributed by atoms with Crippen molar-refractivity contribution in [3.05, 3.63) is 71.8 Å². The van der Waals surface area contributed by atoms with Crippen LogP contribution in [0.15, 0.2) is 60.7 Å². The second kappa shape index (κ2) is 7.44. The molecule has 0 spiro atoms. The largest absolute Gasteiger partial charge is 0.418 e. The summed E-state index contributed by atoms with van der Waals surface area (Å²) in [6, 6.07) is 10.5. The fourth-order valence-corrected chi connectivity index (χ4v) is 3.93. The van der Waals surface area contributed by atoms with Crippen molar-refractivity contribution >= 4 is 29.1 Å². The van der Waals surface area contributed by atoms with Gasteiger partial charge in [0.25, 0.3) is 5.91 Å². The van der Waals surface area contributed by atoms with Crippen molar-refractivity contribution in [2.75, 3.05) is 10.2 Å². The molecule has 1 aliphatic carbocycles. The molecular formula is C22H17F3N2O3. The maximum atomic E-state index is 13.2. The van der Waals surface area contributed by atoms with Crippen LogP contribution in [0, 0.1) is 11.8 Å². The summed E-state index contributed by atoms with van der Waals surface area (Å²) in [5, 5.41) is 2.27. The predicted octanol–water partition coefficient (Wildman–Crippen LogP) is 4.41. The molecule has 2 atom stereocenters. The normalized spacial score (nSPS) is 21.0. The van der Waals surface area contributed by atoms with Crippen LogP contribution < -0.4 is 10.2 Å². The zero-order valence-electron chi connectivity index (χ0n) is 15.6. The number of alkyl halides is 3. The van der Waals surface area contributed by atoms with Gasteiger partial charge < -0.3 is 5.32 Å². The third-order valence-corrected chi connectivity index (χ3v) is 5.38. The van der Waals surface area contributed by atoms with Crippen molar-refractivity contribution in [3.63, 3.8) is 0 Å². The van der Waals surface area contributed by atoms with Crippen molar-refractivity contribution in [1.29, 1.82) is 0 Å². The van der Waals surface area contributed by atoms with E-state index in [4.69, 9.17) is 0 Å². The summed E-state index contributed by atoms with van der Waals surface area (Å²) in [5.74, 6) is -2.60. The SMILES string of the molecule is O=C(Nc1ccccc1C(F)(F)F)c1ccccc1N1C(=O)[C@@H]2CC=CC[C@H]2C1=O. The summed E-state index contributed by atoms with van der Waals surface area (Å²) in [4.78, 5) is 39.6. The quantitative estimate of drug-likeness (QED) is 0.598. The molecular weight excluding hydrogens is 397 g/mol. The molecule has 1 fully saturated rings. The van der Waals surface area contributed by atoms with Gasteiger partial charge in [-0.15, -0.1) is 0 Å². The fourth-order valence-electron chi connectivity index (χ4n) is 3.93. The number of para-hydroxylation sites is 2. The fraction of sp³-hybridized carbons (Fsp3) is 0.227. The summed E-state index contributed by atoms with van der Waals surface area (Å²) >= 11 is 0. The molecule has 4 rings (SSSR count). The number of nitrogens with one attached hydrogen (secondary N) is 1. The number of rotatable bonds is 3. The average Bonchev–Trinajstić information content (AvgIpc) is 2.98. The minimum absolute atomic E-state index is 0.0530. The number of amides is 3. The molecule has 1 heterocycles. The van der Waals surface area contributed by atoms with Gasteiger partial charge in [0, 0.05) is 0 Å². The van der Waals surface area contributed by atoms with Crippen LogP contribution in [-0.4, -0.2) is 17.7 Å². The number of carbonyl (C=O) groups is 3. The van der Waals surface area contributed by atoms with Gasteiger partial charge in [-0.1, -0.05) is 36.4 Å². The van der Waals surface area contributed by atoms with Crippen LogP contribution in [0.2, 0.25) is 0 Å². The lowest BCUT2D eigenvalue weighted by Gasteiger charge is -2.19. The Morgan fingerprint density at radius 2 is 1.47 bits per heavy atom. The first kappa shape index (κ1) is 19.9. The van der Waals surface area contributed by atoms with E-state index < -0.39 is 47.0 Å². The number of imide groups is 1. The Morgan fingerprint density at radius 3 is 2.10 bits per heavy atom. The number of hydrogen-bond donors (Lipinski definition) is 1. The van der Waals surface area contributed by atoms with Crippen LogP contribution in [-0.2, 0) is 15.8 Å². The highest BCUT2D eigenvalue weighted by Gasteiger charge is 2.48. The van der Waals surface area contributed by atoms with E-state index in [9.17, 15) is 27.6 Å². The van der Waals surface area contributed by atoms with Crippen molar-refractivity contribution in [2.24, 2.45) is 11.8 Å². The van der Waals surface area contributed by atoms with Crippen LogP contribution in [0.1, 0.15) is 28.8 Å². The van der Waals surface area contributed by atoms with Gasteiger partial charge in [-0.3, -0.25) is 14.4 Å². The summed E-state index contributed by atoms with van der Waals surface area (Å²) in [5.41, 5.74) is -1.37. The molecule has 0 bridgehead atoms. The van der Waals surface area contributed by atoms with Gasteiger partial charge in [-0.25, -0.2) is 4.90 Å². The summed E-state index contributed by atoms with van der Waals surface area (Å²) in [6.07, 6.45) is -0.0594. The highest BCUT2D eigenvalue weighted by molar-refractivity contribution is 6.25. The molecule has 2 aromatic rings. The first-order chi connectivity index (χ1) is 14.3. The van der Waals surface area contributed by atoms with Crippen LogP contribution in [0.5, 0.6) is 0 Å². The smallest absolute Gasteiger partial charge is 0.321 e. The second-order valence-electron chi connectivity index (χ2n) is 7.18. The summed E-state index contributed by atoms with van der Waals surface area (Å²) in [7, 11) is 0. The van der Waals surface area contributed by atoms with Gasteiger partial charge in [0.05, 0.1) is 34.3 Å². The molecule has 30 heavy (non-hydrogen) atoms. The Balaban J connectivity index is 1.68. The average molecular weight is 414 g/mol. The number of carbonyl (C=O) groups excluding carboxylic acids is 3. The van der Waals surface area contributed by atoms with E-state index in [-0.39, 0.29) is 11.3 Å². The van der Waals surface area contributed by atoms with E-state index in [0.717, 1.165) is 17.0 Å². The molecule has 154 valence electrons. The Bertz CT molecular complexity index is 1040. The van der Waals surface area contributed by atoms with E-state index in [0.29, 0.717) is 12.8 Å². The van der Waals surface area contributed by atoms with Gasteiger partial charge in [-0.05, 0) is 37.1 Å². The Hall–Kier alpha value is -3.42. The summed E-state index contributed by atoms with van der Waals surface area (Å²) in [6.45, 7) is 0. The van der Waals surface area contributed by atoms with Crippen LogP contribution in [0.3, 0.4) is 0 Å². The van der Waals surface area contributed by atoms with Crippen molar-refractivity contribution in [1.82, 2.24) is 0 Å². The van der Waals surface area contributed by atoms with Gasteiger partial charge >= 0.3 is 6.18 Å². The molecule has 0 aromatic heterocycles. The lowest BCUT2D eigenvalue weighted by Crippen LogP contribution is -2.33. The molecule has 0 saturated carbocycles. The van der Waals surface area contributed by atoms with Gasteiger partial charge in [0.2, 0.25) is 11.8 Å². The number of hydrogen-bond acceptors (Lipinski definition) is 3. The van der Waals surface area contributed by atoms with Gasteiger partial charge in [0.1, 0.15) is 0 Å². The zero-order valence-corrected chi connectivity index (χ0v) is 15.6. The van der Waals surface area contributed by atoms with E-state index in [2.05, 4.69) is 5.32 Å². The first-order valence-corrected chi connectivity index (χ1v) is 9.38. The Morgan fingerprint density at radius 1 is 0.900 bits per heavy atom. The van der Waals surface area contributed by atoms with E-state index in [1.807, 2.05) is 12.2 Å². The first-order valence-electron chi connectivity index (χ1n) is 9.38. The Kier molecular flexibility index (Phi) is 4.93. The number of anilines is 2. The van der Waals surface area contributed by atoms with Crippen LogP contribution in [0.4, 0.5) is 24.5 Å². The maximum Gasteiger partial charge on any atom is 0.418 e. The highest BCUT2D eigenvalue weighted by atomic mass is 19.4. The predicted molar refractivity (Wildman–Crippen MR) is 104 cm³/mol. The molecule has 1 N–H and O–H groups in total. The minimum Gasteiger partial charge on any atom is -0.321 e. The van der Waals surface area contributed by atoms with Crippen LogP contribution >= 0.6 is 0 Å². The lowest BCUT2D eigenvalue weighted by atomic mass is 9.85. The number of halogens is 3. The Labute approximate surface area is 170 Å². The van der Waals surface area contributed by atoms with Gasteiger partial charge in [0.15, 0.2) is 0 Å². The molecule has 5 nitrogen and oxygen atoms in total. The standard InChI is InChI=1S/C22H17F3N2O3/c23-22(24,25)16-10-4-5-11-17(16)26-19(28)15-9-3-6-12-18(15)27-20(29)13-7-1-2-8-14(13)21(27)30/h1-6,9-14H,7-8H2,(H,26,28)/t13-,14-/m1/s1. The molecule has 0 radical (unpaired) electrons. The van der Waals surface area contributed by atoms with Gasteiger partial charge in [-0.2, -0.15) is 13.2 Å². The summed E-state index contributed by atoms with van der Waals surface area (Å²) < 4.78 is 39.7. The molecule has 1 aliphatic heterocycles. The van der Waals surface area contributed by atoms with Crippen molar-refractivity contribution < 1.29 is 27.6 Å². The molecule has 8 heteroatoms. The molecule has 1 saturated heterocycles. The highest BCUT2D eigenvalue weighted by Crippen LogP contribution is 2.39. The third-order valence-electron chi connectivity index (χ3n) is 5.38. The number of nitrogens with zero attached hydrogens (tertiary/aromatic N) is 1.